The third-order valence-corrected chi connectivity index (χ3v) is 2.25. The second kappa shape index (κ2) is 5.32. The molecule has 0 spiro atoms. The van der Waals surface area contributed by atoms with Crippen LogP contribution < -0.4 is 11.1 Å². The van der Waals surface area contributed by atoms with E-state index >= 15 is 0 Å². The van der Waals surface area contributed by atoms with Crippen molar-refractivity contribution in [3.05, 3.63) is 0 Å². The highest BCUT2D eigenvalue weighted by Crippen LogP contribution is 2.05. The van der Waals surface area contributed by atoms with E-state index in [0.29, 0.717) is 0 Å². The molecule has 0 aliphatic rings. The number of nitrogens with one attached hydrogen (secondary N) is 1. The maximum atomic E-state index is 11.4. The maximum Gasteiger partial charge on any atom is 0.237 e. The number of amides is 1. The van der Waals surface area contributed by atoms with E-state index in [9.17, 15) is 9.90 Å². The van der Waals surface area contributed by atoms with Gasteiger partial charge in [-0.15, -0.1) is 0 Å². The summed E-state index contributed by atoms with van der Waals surface area (Å²) < 4.78 is 0. The first-order valence-electron chi connectivity index (χ1n) is 5.03. The average molecular weight is 202 g/mol. The number of nitrogens with two attached hydrogens (primary N) is 1. The predicted octanol–water partition coefficient (Wildman–Crippen LogP) is 0.247. The Bertz CT molecular complexity index is 187. The van der Waals surface area contributed by atoms with Crippen LogP contribution in [0.5, 0.6) is 0 Å². The molecule has 4 N–H and O–H groups in total. The third kappa shape index (κ3) is 5.19. The number of hydrogen-bond donors (Lipinski definition) is 3. The van der Waals surface area contributed by atoms with Gasteiger partial charge in [0.15, 0.2) is 0 Å². The summed E-state index contributed by atoms with van der Waals surface area (Å²) in [7, 11) is 0. The minimum absolute atomic E-state index is 0.164. The number of carbonyl (C=O) groups excluding carboxylic acids is 1. The Kier molecular flexibility index (Phi) is 5.08. The molecule has 1 unspecified atom stereocenters. The predicted molar refractivity (Wildman–Crippen MR) is 56.7 cm³/mol. The van der Waals surface area contributed by atoms with Crippen LogP contribution in [0.3, 0.4) is 0 Å². The minimum atomic E-state index is -0.884. The lowest BCUT2D eigenvalue weighted by Crippen LogP contribution is -2.48. The van der Waals surface area contributed by atoms with Crippen LogP contribution in [-0.2, 0) is 4.79 Å². The molecule has 2 atom stereocenters. The lowest BCUT2D eigenvalue weighted by Gasteiger charge is -2.22. The van der Waals surface area contributed by atoms with E-state index in [1.165, 1.54) is 0 Å². The van der Waals surface area contributed by atoms with E-state index in [1.807, 2.05) is 13.8 Å². The fourth-order valence-corrected chi connectivity index (χ4v) is 0.934. The third-order valence-electron chi connectivity index (χ3n) is 2.25. The SMILES string of the molecule is CCC(C)[C@H](N)C(=O)NCC(C)(C)O. The Balaban J connectivity index is 3.97. The number of hydrogen-bond acceptors (Lipinski definition) is 3. The van der Waals surface area contributed by atoms with Gasteiger partial charge in [0.2, 0.25) is 5.91 Å². The Morgan fingerprint density at radius 1 is 1.57 bits per heavy atom. The van der Waals surface area contributed by atoms with Gasteiger partial charge in [-0.3, -0.25) is 4.79 Å². The van der Waals surface area contributed by atoms with Gasteiger partial charge in [0.1, 0.15) is 0 Å². The van der Waals surface area contributed by atoms with Gasteiger partial charge in [0, 0.05) is 6.54 Å². The van der Waals surface area contributed by atoms with Gasteiger partial charge in [-0.05, 0) is 19.8 Å². The first-order chi connectivity index (χ1) is 6.28. The van der Waals surface area contributed by atoms with Gasteiger partial charge in [0.25, 0.3) is 0 Å². The van der Waals surface area contributed by atoms with Gasteiger partial charge < -0.3 is 16.2 Å². The Morgan fingerprint density at radius 2 is 2.07 bits per heavy atom. The molecule has 0 aromatic carbocycles. The fraction of sp³-hybridized carbons (Fsp3) is 0.900. The highest BCUT2D eigenvalue weighted by atomic mass is 16.3. The molecule has 0 bridgehead atoms. The number of carbonyl (C=O) groups is 1. The second-order valence-electron chi connectivity index (χ2n) is 4.44. The Hall–Kier alpha value is -0.610. The molecule has 0 rings (SSSR count). The lowest BCUT2D eigenvalue weighted by molar-refractivity contribution is -0.124. The molecule has 84 valence electrons. The van der Waals surface area contributed by atoms with Gasteiger partial charge in [-0.25, -0.2) is 0 Å². The van der Waals surface area contributed by atoms with Crippen LogP contribution in [0.4, 0.5) is 0 Å². The molecule has 0 radical (unpaired) electrons. The van der Waals surface area contributed by atoms with Crippen LogP contribution in [0.2, 0.25) is 0 Å². The minimum Gasteiger partial charge on any atom is -0.389 e. The van der Waals surface area contributed by atoms with Crippen molar-refractivity contribution in [1.82, 2.24) is 5.32 Å². The van der Waals surface area contributed by atoms with Crippen molar-refractivity contribution >= 4 is 5.91 Å². The quantitative estimate of drug-likeness (QED) is 0.598. The molecule has 4 heteroatoms. The van der Waals surface area contributed by atoms with E-state index in [2.05, 4.69) is 5.32 Å². The molecule has 4 nitrogen and oxygen atoms in total. The molecule has 1 amide bonds. The van der Waals surface area contributed by atoms with Crippen LogP contribution in [0.25, 0.3) is 0 Å². The van der Waals surface area contributed by atoms with E-state index in [1.54, 1.807) is 13.8 Å². The number of aliphatic hydroxyl groups is 1. The highest BCUT2D eigenvalue weighted by Gasteiger charge is 2.21. The molecule has 0 aromatic rings. The monoisotopic (exact) mass is 202 g/mol. The van der Waals surface area contributed by atoms with E-state index < -0.39 is 11.6 Å². The van der Waals surface area contributed by atoms with Crippen LogP contribution in [0.1, 0.15) is 34.1 Å². The van der Waals surface area contributed by atoms with E-state index in [4.69, 9.17) is 5.73 Å². The molecule has 14 heavy (non-hydrogen) atoms. The first kappa shape index (κ1) is 13.4. The zero-order chi connectivity index (χ0) is 11.4. The van der Waals surface area contributed by atoms with Crippen molar-refractivity contribution in [3.63, 3.8) is 0 Å². The molecular weight excluding hydrogens is 180 g/mol. The Morgan fingerprint density at radius 3 is 2.43 bits per heavy atom. The van der Waals surface area contributed by atoms with Crippen LogP contribution in [0, 0.1) is 5.92 Å². The fourth-order valence-electron chi connectivity index (χ4n) is 0.934. The summed E-state index contributed by atoms with van der Waals surface area (Å²) in [5.74, 6) is -0.0294. The van der Waals surface area contributed by atoms with Crippen LogP contribution in [-0.4, -0.2) is 29.2 Å². The zero-order valence-electron chi connectivity index (χ0n) is 9.50. The molecule has 0 heterocycles. The Labute approximate surface area is 85.9 Å². The summed E-state index contributed by atoms with van der Waals surface area (Å²) in [5.41, 5.74) is 4.82. The first-order valence-corrected chi connectivity index (χ1v) is 5.03. The normalized spacial score (nSPS) is 16.1. The largest absolute Gasteiger partial charge is 0.389 e. The highest BCUT2D eigenvalue weighted by molar-refractivity contribution is 5.81. The number of rotatable bonds is 5. The summed E-state index contributed by atoms with van der Waals surface area (Å²) in [4.78, 5) is 11.4. The van der Waals surface area contributed by atoms with Crippen molar-refractivity contribution in [2.24, 2.45) is 11.7 Å². The van der Waals surface area contributed by atoms with Crippen LogP contribution >= 0.6 is 0 Å². The summed E-state index contributed by atoms with van der Waals surface area (Å²) in [5, 5.41) is 12.0. The molecule has 0 fully saturated rings. The standard InChI is InChI=1S/C10H22N2O2/c1-5-7(2)8(11)9(13)12-6-10(3,4)14/h7-8,14H,5-6,11H2,1-4H3,(H,12,13)/t7?,8-/m0/s1. The van der Waals surface area contributed by atoms with Crippen molar-refractivity contribution in [2.75, 3.05) is 6.54 Å². The lowest BCUT2D eigenvalue weighted by atomic mass is 9.99. The van der Waals surface area contributed by atoms with Gasteiger partial charge in [-0.1, -0.05) is 20.3 Å². The smallest absolute Gasteiger partial charge is 0.237 e. The summed E-state index contributed by atoms with van der Waals surface area (Å²) in [6.07, 6.45) is 0.872. The van der Waals surface area contributed by atoms with Gasteiger partial charge in [0.05, 0.1) is 11.6 Å². The summed E-state index contributed by atoms with van der Waals surface area (Å²) in [6.45, 7) is 7.45. The van der Waals surface area contributed by atoms with Crippen molar-refractivity contribution in [1.29, 1.82) is 0 Å². The topological polar surface area (TPSA) is 75.4 Å². The van der Waals surface area contributed by atoms with Crippen molar-refractivity contribution in [2.45, 2.75) is 45.8 Å². The maximum absolute atomic E-state index is 11.4. The summed E-state index contributed by atoms with van der Waals surface area (Å²) in [6, 6.07) is -0.484. The van der Waals surface area contributed by atoms with Crippen LogP contribution in [0.15, 0.2) is 0 Å². The van der Waals surface area contributed by atoms with E-state index in [0.717, 1.165) is 6.42 Å². The molecule has 0 aromatic heterocycles. The zero-order valence-corrected chi connectivity index (χ0v) is 9.50. The molecule has 0 aliphatic heterocycles. The second-order valence-corrected chi connectivity index (χ2v) is 4.44. The van der Waals surface area contributed by atoms with Gasteiger partial charge >= 0.3 is 0 Å². The molecule has 0 saturated carbocycles. The summed E-state index contributed by atoms with van der Waals surface area (Å²) >= 11 is 0. The molecule has 0 saturated heterocycles. The molecular formula is C10H22N2O2. The average Bonchev–Trinajstić information content (AvgIpc) is 2.10. The van der Waals surface area contributed by atoms with Gasteiger partial charge in [-0.2, -0.15) is 0 Å². The van der Waals surface area contributed by atoms with Crippen molar-refractivity contribution in [3.8, 4) is 0 Å². The van der Waals surface area contributed by atoms with E-state index in [-0.39, 0.29) is 18.4 Å². The van der Waals surface area contributed by atoms with Crippen molar-refractivity contribution < 1.29 is 9.90 Å². The molecule has 0 aliphatic carbocycles.